The van der Waals surface area contributed by atoms with Gasteiger partial charge in [0.15, 0.2) is 0 Å². The highest BCUT2D eigenvalue weighted by atomic mass is 32.2. The maximum Gasteiger partial charge on any atom is 0.286 e. The molecule has 1 aliphatic rings. The highest BCUT2D eigenvalue weighted by Crippen LogP contribution is 2.35. The van der Waals surface area contributed by atoms with Crippen molar-refractivity contribution in [3.05, 3.63) is 41.3 Å². The van der Waals surface area contributed by atoms with Crippen molar-refractivity contribution in [2.45, 2.75) is 75.8 Å². The van der Waals surface area contributed by atoms with Gasteiger partial charge in [-0.1, -0.05) is 44.2 Å². The van der Waals surface area contributed by atoms with Crippen LogP contribution >= 0.6 is 11.8 Å². The number of hydrogen-bond donors (Lipinski definition) is 1. The lowest BCUT2D eigenvalue weighted by Gasteiger charge is -2.48. The van der Waals surface area contributed by atoms with E-state index >= 15 is 0 Å². The molecule has 0 aliphatic heterocycles. The van der Waals surface area contributed by atoms with Gasteiger partial charge in [0.05, 0.1) is 0 Å². The Morgan fingerprint density at radius 1 is 1.10 bits per heavy atom. The summed E-state index contributed by atoms with van der Waals surface area (Å²) in [6.07, 6.45) is 4.91. The number of thioether (sulfide) groups is 1. The molecule has 0 radical (unpaired) electrons. The third-order valence-electron chi connectivity index (χ3n) is 7.04. The van der Waals surface area contributed by atoms with Crippen LogP contribution < -0.4 is 5.32 Å². The predicted octanol–water partition coefficient (Wildman–Crippen LogP) is 3.93. The molecule has 0 saturated heterocycles. The minimum atomic E-state index is -0.993. The SMILES string of the molecule is CC(C)CC(C(=O)c1nnc(SCCN(C)C)o1)N(C=O)C1(NC(=O)c2cccc(CN(C)C)c2)CCCCC1. The van der Waals surface area contributed by atoms with Crippen LogP contribution in [0.4, 0.5) is 0 Å². The summed E-state index contributed by atoms with van der Waals surface area (Å²) in [7, 11) is 7.92. The van der Waals surface area contributed by atoms with Gasteiger partial charge in [-0.3, -0.25) is 14.4 Å². The average molecular weight is 573 g/mol. The molecule has 3 rings (SSSR count). The maximum atomic E-state index is 13.8. The molecule has 1 atom stereocenters. The third kappa shape index (κ3) is 8.62. The van der Waals surface area contributed by atoms with Gasteiger partial charge in [-0.25, -0.2) is 0 Å². The van der Waals surface area contributed by atoms with Gasteiger partial charge in [0, 0.05) is 24.4 Å². The van der Waals surface area contributed by atoms with E-state index in [1.807, 2.05) is 70.0 Å². The summed E-state index contributed by atoms with van der Waals surface area (Å²) in [5.41, 5.74) is 0.553. The molecule has 0 spiro atoms. The topological polar surface area (TPSA) is 112 Å². The van der Waals surface area contributed by atoms with Crippen LogP contribution in [0.25, 0.3) is 0 Å². The minimum absolute atomic E-state index is 0.104. The smallest absolute Gasteiger partial charge is 0.286 e. The molecule has 1 unspecified atom stereocenters. The molecule has 10 nitrogen and oxygen atoms in total. The van der Waals surface area contributed by atoms with Crippen LogP contribution in [-0.2, 0) is 11.3 Å². The van der Waals surface area contributed by atoms with E-state index in [1.165, 1.54) is 16.7 Å². The number of nitrogens with zero attached hydrogens (tertiary/aromatic N) is 5. The molecule has 1 saturated carbocycles. The second-order valence-corrected chi connectivity index (χ2v) is 12.6. The predicted molar refractivity (Wildman–Crippen MR) is 156 cm³/mol. The van der Waals surface area contributed by atoms with E-state index in [1.54, 1.807) is 6.07 Å². The Labute approximate surface area is 242 Å². The van der Waals surface area contributed by atoms with Crippen LogP contribution in [-0.4, -0.2) is 95.2 Å². The Kier molecular flexibility index (Phi) is 11.7. The molecule has 1 aromatic carbocycles. The van der Waals surface area contributed by atoms with Crippen LogP contribution in [0.5, 0.6) is 0 Å². The fourth-order valence-electron chi connectivity index (χ4n) is 5.14. The van der Waals surface area contributed by atoms with E-state index in [4.69, 9.17) is 4.42 Å². The zero-order valence-electron chi connectivity index (χ0n) is 24.7. The lowest BCUT2D eigenvalue weighted by Crippen LogP contribution is -2.65. The van der Waals surface area contributed by atoms with Gasteiger partial charge in [-0.2, -0.15) is 0 Å². The molecule has 2 amide bonds. The fraction of sp³-hybridized carbons (Fsp3) is 0.621. The van der Waals surface area contributed by atoms with Crippen LogP contribution in [0.1, 0.15) is 79.0 Å². The number of hydrogen-bond acceptors (Lipinski definition) is 9. The Balaban J connectivity index is 1.90. The monoisotopic (exact) mass is 572 g/mol. The first-order valence-corrected chi connectivity index (χ1v) is 15.0. The molecule has 1 aromatic heterocycles. The number of carbonyl (C=O) groups is 3. The molecule has 1 aliphatic carbocycles. The highest BCUT2D eigenvalue weighted by molar-refractivity contribution is 7.99. The van der Waals surface area contributed by atoms with Crippen molar-refractivity contribution in [2.75, 3.05) is 40.5 Å². The summed E-state index contributed by atoms with van der Waals surface area (Å²) in [4.78, 5) is 45.9. The molecule has 11 heteroatoms. The quantitative estimate of drug-likeness (QED) is 0.147. The molecule has 1 heterocycles. The number of carbonyl (C=O) groups excluding carboxylic acids is 3. The Morgan fingerprint density at radius 2 is 1.82 bits per heavy atom. The van der Waals surface area contributed by atoms with E-state index in [0.29, 0.717) is 43.0 Å². The largest absolute Gasteiger partial charge is 0.408 e. The minimum Gasteiger partial charge on any atom is -0.408 e. The Bertz CT molecular complexity index is 1130. The van der Waals surface area contributed by atoms with Crippen LogP contribution in [0.15, 0.2) is 33.9 Å². The first kappa shape index (κ1) is 31.8. The Hall–Kier alpha value is -2.76. The standard InChI is InChI=1S/C29H44N6O4S/c1-21(2)17-24(25(37)27-31-32-28(39-27)40-16-15-33(3)4)35(20-36)29(13-8-7-9-14-29)30-26(38)23-12-10-11-22(18-23)19-34(5)6/h10-12,18,20-21,24H,7-9,13-17,19H2,1-6H3,(H,30,38). The molecule has 2 aromatic rings. The summed E-state index contributed by atoms with van der Waals surface area (Å²) >= 11 is 1.39. The zero-order chi connectivity index (χ0) is 29.3. The van der Waals surface area contributed by atoms with Crippen LogP contribution in [0.2, 0.25) is 0 Å². The first-order valence-electron chi connectivity index (χ1n) is 14.0. The van der Waals surface area contributed by atoms with Crippen molar-refractivity contribution in [3.8, 4) is 0 Å². The molecular weight excluding hydrogens is 528 g/mol. The van der Waals surface area contributed by atoms with Crippen molar-refractivity contribution >= 4 is 29.9 Å². The van der Waals surface area contributed by atoms with Crippen molar-refractivity contribution < 1.29 is 18.8 Å². The van der Waals surface area contributed by atoms with Crippen molar-refractivity contribution in [3.63, 3.8) is 0 Å². The van der Waals surface area contributed by atoms with Gasteiger partial charge >= 0.3 is 0 Å². The molecule has 1 fully saturated rings. The molecule has 220 valence electrons. The van der Waals surface area contributed by atoms with Crippen molar-refractivity contribution in [1.82, 2.24) is 30.2 Å². The summed E-state index contributed by atoms with van der Waals surface area (Å²) < 4.78 is 5.74. The van der Waals surface area contributed by atoms with Gasteiger partial charge in [-0.15, -0.1) is 10.2 Å². The van der Waals surface area contributed by atoms with E-state index in [2.05, 4.69) is 15.5 Å². The van der Waals surface area contributed by atoms with E-state index in [9.17, 15) is 14.4 Å². The number of benzene rings is 1. The molecular formula is C29H44N6O4S. The highest BCUT2D eigenvalue weighted by Gasteiger charge is 2.45. The van der Waals surface area contributed by atoms with Gasteiger partial charge in [-0.05, 0) is 83.9 Å². The van der Waals surface area contributed by atoms with E-state index in [0.717, 1.165) is 37.1 Å². The normalized spacial score (nSPS) is 15.8. The fourth-order valence-corrected chi connectivity index (χ4v) is 6.00. The summed E-state index contributed by atoms with van der Waals surface area (Å²) in [6.45, 7) is 5.53. The lowest BCUT2D eigenvalue weighted by atomic mass is 9.84. The van der Waals surface area contributed by atoms with Crippen LogP contribution in [0, 0.1) is 5.92 Å². The number of Topliss-reactive ketones (excluding diaryl/α,β-unsaturated/α-hetero) is 1. The second kappa shape index (κ2) is 14.7. The number of aromatic nitrogens is 2. The lowest BCUT2D eigenvalue weighted by molar-refractivity contribution is -0.129. The maximum absolute atomic E-state index is 13.8. The van der Waals surface area contributed by atoms with Gasteiger partial charge in [0.2, 0.25) is 12.2 Å². The number of nitrogens with one attached hydrogen (secondary N) is 1. The first-order chi connectivity index (χ1) is 19.0. The average Bonchev–Trinajstić information content (AvgIpc) is 3.37. The zero-order valence-corrected chi connectivity index (χ0v) is 25.5. The Morgan fingerprint density at radius 3 is 2.45 bits per heavy atom. The summed E-state index contributed by atoms with van der Waals surface area (Å²) in [5, 5.41) is 11.6. The van der Waals surface area contributed by atoms with Crippen molar-refractivity contribution in [2.24, 2.45) is 5.92 Å². The van der Waals surface area contributed by atoms with Gasteiger partial charge in [0.25, 0.3) is 17.0 Å². The number of amides is 2. The van der Waals surface area contributed by atoms with E-state index < -0.39 is 17.5 Å². The second-order valence-electron chi connectivity index (χ2n) is 11.5. The van der Waals surface area contributed by atoms with Crippen LogP contribution in [0.3, 0.4) is 0 Å². The molecule has 40 heavy (non-hydrogen) atoms. The van der Waals surface area contributed by atoms with E-state index in [-0.39, 0.29) is 17.7 Å². The summed E-state index contributed by atoms with van der Waals surface area (Å²) in [6, 6.07) is 6.66. The van der Waals surface area contributed by atoms with Crippen molar-refractivity contribution in [1.29, 1.82) is 0 Å². The molecule has 0 bridgehead atoms. The number of rotatable bonds is 15. The molecule has 1 N–H and O–H groups in total. The van der Waals surface area contributed by atoms with Gasteiger partial charge in [0.1, 0.15) is 11.7 Å². The van der Waals surface area contributed by atoms with Gasteiger partial charge < -0.3 is 24.4 Å². The third-order valence-corrected chi connectivity index (χ3v) is 7.84. The summed E-state index contributed by atoms with van der Waals surface area (Å²) in [5.74, 6) is 0.0668. The number of ketones is 1.